The molecule has 54 heavy (non-hydrogen) atoms. The third-order valence-corrected chi connectivity index (χ3v) is 6.90. The van der Waals surface area contributed by atoms with Gasteiger partial charge in [-0.15, -0.1) is 0 Å². The lowest BCUT2D eigenvalue weighted by molar-refractivity contribution is 0.0315. The molecule has 0 spiro atoms. The summed E-state index contributed by atoms with van der Waals surface area (Å²) in [4.78, 5) is 0. The molecule has 1 aromatic heterocycles. The van der Waals surface area contributed by atoms with Crippen molar-refractivity contribution in [2.75, 3.05) is 26.4 Å². The van der Waals surface area contributed by atoms with E-state index in [2.05, 4.69) is 185 Å². The summed E-state index contributed by atoms with van der Waals surface area (Å²) in [5.41, 5.74) is 4.51. The summed E-state index contributed by atoms with van der Waals surface area (Å²) in [6.07, 6.45) is 14.2. The van der Waals surface area contributed by atoms with Gasteiger partial charge in [-0.2, -0.15) is 0 Å². The molecule has 2 aromatic rings. The van der Waals surface area contributed by atoms with Gasteiger partial charge in [-0.05, 0) is 75.0 Å². The minimum absolute atomic E-state index is 0. The molecular formula is C51H98O3. The van der Waals surface area contributed by atoms with E-state index in [-0.39, 0.29) is 56.8 Å². The quantitative estimate of drug-likeness (QED) is 0.160. The van der Waals surface area contributed by atoms with Crippen molar-refractivity contribution in [3.8, 4) is 0 Å². The second-order valence-electron chi connectivity index (χ2n) is 21.2. The van der Waals surface area contributed by atoms with Crippen LogP contribution in [0.3, 0.4) is 0 Å². The largest absolute Gasteiger partial charge is 0.466 e. The molecular weight excluding hydrogens is 661 g/mol. The Morgan fingerprint density at radius 1 is 0.556 bits per heavy atom. The first-order valence-corrected chi connectivity index (χ1v) is 19.2. The van der Waals surface area contributed by atoms with Crippen LogP contribution in [0.5, 0.6) is 0 Å². The van der Waals surface area contributed by atoms with Crippen molar-refractivity contribution in [3.05, 3.63) is 77.3 Å². The van der Waals surface area contributed by atoms with E-state index >= 15 is 0 Å². The molecule has 0 aliphatic carbocycles. The molecule has 3 heteroatoms. The van der Waals surface area contributed by atoms with Crippen LogP contribution >= 0.6 is 0 Å². The molecule has 0 amide bonds. The minimum Gasteiger partial charge on any atom is -0.466 e. The summed E-state index contributed by atoms with van der Waals surface area (Å²) >= 11 is 0. The lowest BCUT2D eigenvalue weighted by Gasteiger charge is -2.19. The number of hydrogen-bond donors (Lipinski definition) is 0. The van der Waals surface area contributed by atoms with E-state index in [4.69, 9.17) is 13.9 Å². The Morgan fingerprint density at radius 3 is 1.46 bits per heavy atom. The van der Waals surface area contributed by atoms with Crippen LogP contribution < -0.4 is 0 Å². The van der Waals surface area contributed by atoms with Gasteiger partial charge in [0.1, 0.15) is 11.5 Å². The minimum atomic E-state index is 0. The van der Waals surface area contributed by atoms with Crippen LogP contribution in [0.15, 0.2) is 59.0 Å². The molecule has 0 bridgehead atoms. The zero-order valence-electron chi connectivity index (χ0n) is 36.4. The van der Waals surface area contributed by atoms with E-state index in [1.54, 1.807) is 0 Å². The Morgan fingerprint density at radius 2 is 1.04 bits per heavy atom. The smallest absolute Gasteiger partial charge is 0.107 e. The summed E-state index contributed by atoms with van der Waals surface area (Å²) in [5, 5.41) is 0. The van der Waals surface area contributed by atoms with Gasteiger partial charge in [0.15, 0.2) is 0 Å². The predicted molar refractivity (Wildman–Crippen MR) is 249 cm³/mol. The fourth-order valence-corrected chi connectivity index (χ4v) is 4.42. The Bertz CT molecular complexity index is 1200. The molecule has 0 unspecified atom stereocenters. The maximum absolute atomic E-state index is 5.82. The van der Waals surface area contributed by atoms with Crippen LogP contribution in [0.1, 0.15) is 190 Å². The molecule has 320 valence electrons. The topological polar surface area (TPSA) is 31.6 Å². The highest BCUT2D eigenvalue weighted by molar-refractivity contribution is 5.51. The monoisotopic (exact) mass is 759 g/mol. The van der Waals surface area contributed by atoms with Gasteiger partial charge in [0.25, 0.3) is 0 Å². The Labute approximate surface area is 341 Å². The second-order valence-corrected chi connectivity index (χ2v) is 21.2. The first-order valence-electron chi connectivity index (χ1n) is 19.2. The van der Waals surface area contributed by atoms with Crippen molar-refractivity contribution in [1.29, 1.82) is 0 Å². The molecule has 0 radical (unpaired) electrons. The fourth-order valence-electron chi connectivity index (χ4n) is 4.42. The molecule has 0 aliphatic heterocycles. The molecule has 0 fully saturated rings. The van der Waals surface area contributed by atoms with Crippen LogP contribution in [0.2, 0.25) is 0 Å². The van der Waals surface area contributed by atoms with Crippen molar-refractivity contribution in [2.24, 2.45) is 32.5 Å². The Kier molecular flexibility index (Phi) is 31.1. The van der Waals surface area contributed by atoms with Gasteiger partial charge in [0.2, 0.25) is 0 Å². The SMILES string of the molecule is C.C.C.C.CC(C)(C)/C=C/Cc1ccc(CC(C)(C)C)o1.CC(C)(C)/C=C/c1cccc(CCC(C)(C)C)c1.CC(C)(C)COCCCOCC(C)(C)C. The summed E-state index contributed by atoms with van der Waals surface area (Å²) in [7, 11) is 0. The molecule has 0 N–H and O–H groups in total. The maximum atomic E-state index is 5.82. The highest BCUT2D eigenvalue weighted by Gasteiger charge is 2.14. The Hall–Kier alpha value is -2.10. The summed E-state index contributed by atoms with van der Waals surface area (Å²) in [6, 6.07) is 13.1. The average Bonchev–Trinajstić information content (AvgIpc) is 3.34. The van der Waals surface area contributed by atoms with Crippen molar-refractivity contribution >= 4 is 6.08 Å². The lowest BCUT2D eigenvalue weighted by Crippen LogP contribution is -2.17. The fraction of sp³-hybridized carbons (Fsp3) is 0.725. The third kappa shape index (κ3) is 42.6. The van der Waals surface area contributed by atoms with E-state index in [1.807, 2.05) is 0 Å². The van der Waals surface area contributed by atoms with E-state index in [0.29, 0.717) is 5.41 Å². The van der Waals surface area contributed by atoms with Gasteiger partial charge in [0, 0.05) is 26.1 Å². The van der Waals surface area contributed by atoms with Crippen LogP contribution in [-0.4, -0.2) is 26.4 Å². The van der Waals surface area contributed by atoms with Crippen LogP contribution in [0.25, 0.3) is 6.08 Å². The predicted octanol–water partition coefficient (Wildman–Crippen LogP) is 16.8. The number of hydrogen-bond acceptors (Lipinski definition) is 3. The maximum Gasteiger partial charge on any atom is 0.107 e. The van der Waals surface area contributed by atoms with Crippen LogP contribution in [-0.2, 0) is 28.7 Å². The molecule has 0 saturated heterocycles. The second kappa shape index (κ2) is 27.5. The zero-order chi connectivity index (χ0) is 38.9. The van der Waals surface area contributed by atoms with Crippen molar-refractivity contribution < 1.29 is 13.9 Å². The van der Waals surface area contributed by atoms with Crippen molar-refractivity contribution in [3.63, 3.8) is 0 Å². The molecule has 3 nitrogen and oxygen atoms in total. The number of aryl methyl sites for hydroxylation is 1. The summed E-state index contributed by atoms with van der Waals surface area (Å²) in [6.45, 7) is 43.3. The molecule has 0 saturated carbocycles. The normalized spacial score (nSPS) is 12.3. The summed E-state index contributed by atoms with van der Waals surface area (Å²) < 4.78 is 16.9. The van der Waals surface area contributed by atoms with E-state index in [9.17, 15) is 0 Å². The van der Waals surface area contributed by atoms with Gasteiger partial charge in [0.05, 0.1) is 13.2 Å². The Balaban J connectivity index is -0.000000215. The van der Waals surface area contributed by atoms with E-state index in [0.717, 1.165) is 57.2 Å². The van der Waals surface area contributed by atoms with E-state index in [1.165, 1.54) is 24.0 Å². The van der Waals surface area contributed by atoms with Gasteiger partial charge >= 0.3 is 0 Å². The molecule has 0 atom stereocenters. The third-order valence-electron chi connectivity index (χ3n) is 6.90. The van der Waals surface area contributed by atoms with Gasteiger partial charge in [-0.3, -0.25) is 0 Å². The van der Waals surface area contributed by atoms with Crippen LogP contribution in [0, 0.1) is 32.5 Å². The first kappa shape index (κ1) is 61.1. The molecule has 1 heterocycles. The highest BCUT2D eigenvalue weighted by atomic mass is 16.5. The van der Waals surface area contributed by atoms with Crippen molar-refractivity contribution in [2.45, 2.75) is 186 Å². The van der Waals surface area contributed by atoms with Gasteiger partial charge in [-0.25, -0.2) is 0 Å². The number of ether oxygens (including phenoxy) is 2. The van der Waals surface area contributed by atoms with Gasteiger partial charge < -0.3 is 13.9 Å². The first-order chi connectivity index (χ1) is 22.5. The van der Waals surface area contributed by atoms with Gasteiger partial charge in [-0.1, -0.05) is 203 Å². The zero-order valence-corrected chi connectivity index (χ0v) is 36.4. The molecule has 1 aromatic carbocycles. The number of furan rings is 1. The highest BCUT2D eigenvalue weighted by Crippen LogP contribution is 2.24. The molecule has 2 rings (SSSR count). The molecule has 0 aliphatic rings. The number of allylic oxidation sites excluding steroid dienone is 3. The lowest BCUT2D eigenvalue weighted by atomic mass is 9.88. The number of benzene rings is 1. The van der Waals surface area contributed by atoms with E-state index < -0.39 is 0 Å². The summed E-state index contributed by atoms with van der Waals surface area (Å²) in [5.74, 6) is 2.15. The van der Waals surface area contributed by atoms with Crippen LogP contribution in [0.4, 0.5) is 0 Å². The standard InChI is InChI=1S/C18H28.C16H26O.C13H28O2.4CH4/c1-17(2,3)12-10-15-8-7-9-16(14-15)11-13-18(4,5)6;1-15(2,3)11-7-8-13-9-10-14(17-13)12-16(4,5)6;1-12(2,3)10-14-8-7-9-15-11-13(4,5)6;;;;/h7-10,12,14H,11,13H2,1-6H3;7,9-11H,8,12H2,1-6H3;7-11H2,1-6H3;4*1H4/b12-10+;11-7+;;;;;. The number of rotatable bonds is 12. The van der Waals surface area contributed by atoms with Crippen molar-refractivity contribution in [1.82, 2.24) is 0 Å². The average molecular weight is 759 g/mol.